The van der Waals surface area contributed by atoms with Gasteiger partial charge in [0, 0.05) is 25.0 Å². The summed E-state index contributed by atoms with van der Waals surface area (Å²) in [7, 11) is 1.82. The fourth-order valence-electron chi connectivity index (χ4n) is 2.34. The van der Waals surface area contributed by atoms with Gasteiger partial charge in [0.2, 0.25) is 0 Å². The van der Waals surface area contributed by atoms with Crippen molar-refractivity contribution in [1.29, 1.82) is 0 Å². The summed E-state index contributed by atoms with van der Waals surface area (Å²) in [4.78, 5) is 4.49. The third-order valence-electron chi connectivity index (χ3n) is 3.41. The second kappa shape index (κ2) is 5.19. The summed E-state index contributed by atoms with van der Waals surface area (Å²) >= 11 is 1.59. The average molecular weight is 308 g/mol. The Morgan fingerprint density at radius 3 is 2.82 bits per heavy atom. The maximum atomic E-state index is 4.49. The van der Waals surface area contributed by atoms with Crippen molar-refractivity contribution >= 4 is 27.4 Å². The fraction of sp³-hybridized carbons (Fsp3) is 0.0667. The van der Waals surface area contributed by atoms with E-state index in [0.717, 1.165) is 33.0 Å². The molecule has 1 aromatic carbocycles. The highest BCUT2D eigenvalue weighted by Crippen LogP contribution is 2.33. The third-order valence-corrected chi connectivity index (χ3v) is 4.27. The van der Waals surface area contributed by atoms with Crippen LogP contribution in [0.3, 0.4) is 0 Å². The van der Waals surface area contributed by atoms with Gasteiger partial charge in [0.1, 0.15) is 11.3 Å². The molecule has 0 radical (unpaired) electrons. The van der Waals surface area contributed by atoms with Crippen molar-refractivity contribution < 1.29 is 0 Å². The second-order valence-corrected chi connectivity index (χ2v) is 5.52. The number of aromatic nitrogens is 5. The van der Waals surface area contributed by atoms with Gasteiger partial charge < -0.3 is 5.32 Å². The lowest BCUT2D eigenvalue weighted by molar-refractivity contribution is 0.885. The molecule has 0 unspecified atom stereocenters. The van der Waals surface area contributed by atoms with E-state index in [9.17, 15) is 0 Å². The quantitative estimate of drug-likeness (QED) is 0.630. The van der Waals surface area contributed by atoms with E-state index in [2.05, 4.69) is 25.6 Å². The zero-order valence-electron chi connectivity index (χ0n) is 11.8. The monoisotopic (exact) mass is 308 g/mol. The van der Waals surface area contributed by atoms with Crippen LogP contribution < -0.4 is 5.32 Å². The minimum atomic E-state index is 0.748. The number of nitrogens with zero attached hydrogens (tertiary/aromatic N) is 5. The Hall–Kier alpha value is -2.80. The molecule has 3 aromatic heterocycles. The second-order valence-electron chi connectivity index (χ2n) is 4.67. The maximum absolute atomic E-state index is 4.49. The zero-order valence-corrected chi connectivity index (χ0v) is 12.6. The van der Waals surface area contributed by atoms with E-state index in [1.54, 1.807) is 17.5 Å². The van der Waals surface area contributed by atoms with E-state index < -0.39 is 0 Å². The van der Waals surface area contributed by atoms with Crippen molar-refractivity contribution in [3.63, 3.8) is 0 Å². The molecule has 0 spiro atoms. The standard InChI is InChI=1S/C15H12N6S/c1-16-13-6-4-11(19-20-13)10-3-5-12(21-8-2-7-18-21)14-15(10)22-9-17-14/h2-9H,1H3,(H,16,20). The van der Waals surface area contributed by atoms with Crippen molar-refractivity contribution in [3.8, 4) is 16.9 Å². The normalized spacial score (nSPS) is 11.0. The lowest BCUT2D eigenvalue weighted by Crippen LogP contribution is -1.97. The molecule has 0 atom stereocenters. The van der Waals surface area contributed by atoms with Crippen LogP contribution in [0.2, 0.25) is 0 Å². The van der Waals surface area contributed by atoms with Crippen LogP contribution in [0.4, 0.5) is 5.82 Å². The van der Waals surface area contributed by atoms with Gasteiger partial charge in [-0.15, -0.1) is 21.5 Å². The molecule has 22 heavy (non-hydrogen) atoms. The maximum Gasteiger partial charge on any atom is 0.148 e. The molecule has 0 amide bonds. The zero-order chi connectivity index (χ0) is 14.9. The first-order valence-corrected chi connectivity index (χ1v) is 7.63. The Morgan fingerprint density at radius 1 is 1.14 bits per heavy atom. The van der Waals surface area contributed by atoms with Crippen molar-refractivity contribution in [2.45, 2.75) is 0 Å². The molecule has 4 rings (SSSR count). The van der Waals surface area contributed by atoms with E-state index in [4.69, 9.17) is 0 Å². The first kappa shape index (κ1) is 12.9. The van der Waals surface area contributed by atoms with E-state index in [1.165, 1.54) is 0 Å². The average Bonchev–Trinajstić information content (AvgIpc) is 3.25. The van der Waals surface area contributed by atoms with Crippen molar-refractivity contribution in [3.05, 3.63) is 48.2 Å². The van der Waals surface area contributed by atoms with Crippen molar-refractivity contribution in [2.75, 3.05) is 12.4 Å². The Bertz CT molecular complexity index is 911. The van der Waals surface area contributed by atoms with Crippen LogP contribution in [0.5, 0.6) is 0 Å². The van der Waals surface area contributed by atoms with Gasteiger partial charge in [0.15, 0.2) is 0 Å². The van der Waals surface area contributed by atoms with Gasteiger partial charge in [-0.2, -0.15) is 5.10 Å². The van der Waals surface area contributed by atoms with Gasteiger partial charge in [-0.05, 0) is 30.3 Å². The van der Waals surface area contributed by atoms with Gasteiger partial charge in [0.25, 0.3) is 0 Å². The molecule has 7 heteroatoms. The topological polar surface area (TPSA) is 68.5 Å². The predicted octanol–water partition coefficient (Wildman–Crippen LogP) is 2.98. The Morgan fingerprint density at radius 2 is 2.09 bits per heavy atom. The lowest BCUT2D eigenvalue weighted by Gasteiger charge is -2.07. The predicted molar refractivity (Wildman–Crippen MR) is 87.3 cm³/mol. The highest BCUT2D eigenvalue weighted by Gasteiger charge is 2.13. The summed E-state index contributed by atoms with van der Waals surface area (Å²) in [5.74, 6) is 0.748. The summed E-state index contributed by atoms with van der Waals surface area (Å²) in [6.45, 7) is 0. The summed E-state index contributed by atoms with van der Waals surface area (Å²) in [5, 5.41) is 15.7. The minimum absolute atomic E-state index is 0.748. The number of fused-ring (bicyclic) bond motifs is 1. The van der Waals surface area contributed by atoms with E-state index >= 15 is 0 Å². The summed E-state index contributed by atoms with van der Waals surface area (Å²) in [6.07, 6.45) is 3.67. The van der Waals surface area contributed by atoms with Crippen LogP contribution in [-0.2, 0) is 0 Å². The number of anilines is 1. The lowest BCUT2D eigenvalue weighted by atomic mass is 10.1. The van der Waals surface area contributed by atoms with Crippen LogP contribution in [0, 0.1) is 0 Å². The highest BCUT2D eigenvalue weighted by molar-refractivity contribution is 7.17. The Kier molecular flexibility index (Phi) is 3.05. The number of nitrogens with one attached hydrogen (secondary N) is 1. The van der Waals surface area contributed by atoms with E-state index in [-0.39, 0.29) is 0 Å². The molecule has 4 aromatic rings. The molecular formula is C15H12N6S. The SMILES string of the molecule is CNc1ccc(-c2ccc(-n3cccn3)c3ncsc23)nn1. The number of thiazole rings is 1. The number of rotatable bonds is 3. The van der Waals surface area contributed by atoms with Crippen LogP contribution in [0.25, 0.3) is 27.2 Å². The molecule has 108 valence electrons. The molecule has 3 heterocycles. The summed E-state index contributed by atoms with van der Waals surface area (Å²) in [6, 6.07) is 9.82. The van der Waals surface area contributed by atoms with E-state index in [1.807, 2.05) is 53.8 Å². The van der Waals surface area contributed by atoms with E-state index in [0.29, 0.717) is 0 Å². The molecule has 0 aliphatic rings. The van der Waals surface area contributed by atoms with Crippen LogP contribution >= 0.6 is 11.3 Å². The van der Waals surface area contributed by atoms with Gasteiger partial charge in [-0.1, -0.05) is 0 Å². The van der Waals surface area contributed by atoms with Crippen LogP contribution in [-0.4, -0.2) is 32.0 Å². The fourth-order valence-corrected chi connectivity index (χ4v) is 3.18. The summed E-state index contributed by atoms with van der Waals surface area (Å²) in [5.41, 5.74) is 5.59. The first-order valence-electron chi connectivity index (χ1n) is 6.75. The molecule has 0 bridgehead atoms. The molecule has 1 N–H and O–H groups in total. The molecule has 0 saturated carbocycles. The Labute approximate surface area is 130 Å². The van der Waals surface area contributed by atoms with Crippen molar-refractivity contribution in [1.82, 2.24) is 25.0 Å². The molecule has 0 fully saturated rings. The van der Waals surface area contributed by atoms with Gasteiger partial charge >= 0.3 is 0 Å². The first-order chi connectivity index (χ1) is 10.9. The molecule has 0 aliphatic carbocycles. The third kappa shape index (κ3) is 2.03. The molecule has 0 aliphatic heterocycles. The number of hydrogen-bond acceptors (Lipinski definition) is 6. The van der Waals surface area contributed by atoms with Gasteiger partial charge in [-0.25, -0.2) is 9.67 Å². The van der Waals surface area contributed by atoms with Gasteiger partial charge in [-0.3, -0.25) is 0 Å². The molecular weight excluding hydrogens is 296 g/mol. The van der Waals surface area contributed by atoms with Crippen LogP contribution in [0.15, 0.2) is 48.2 Å². The summed E-state index contributed by atoms with van der Waals surface area (Å²) < 4.78 is 2.90. The number of benzene rings is 1. The van der Waals surface area contributed by atoms with Gasteiger partial charge in [0.05, 0.1) is 21.6 Å². The largest absolute Gasteiger partial charge is 0.372 e. The molecule has 0 saturated heterocycles. The highest BCUT2D eigenvalue weighted by atomic mass is 32.1. The van der Waals surface area contributed by atoms with Crippen LogP contribution in [0.1, 0.15) is 0 Å². The Balaban J connectivity index is 1.89. The molecule has 6 nitrogen and oxygen atoms in total. The smallest absolute Gasteiger partial charge is 0.148 e. The van der Waals surface area contributed by atoms with Crippen molar-refractivity contribution in [2.24, 2.45) is 0 Å². The minimum Gasteiger partial charge on any atom is -0.372 e. The number of hydrogen-bond donors (Lipinski definition) is 1.